The van der Waals surface area contributed by atoms with Gasteiger partial charge in [-0.3, -0.25) is 29.4 Å². The maximum absolute atomic E-state index is 12.9. The van der Waals surface area contributed by atoms with Crippen molar-refractivity contribution < 1.29 is 19.2 Å². The molecular formula is C19H21ClN4O4. The van der Waals surface area contributed by atoms with E-state index in [1.165, 1.54) is 0 Å². The summed E-state index contributed by atoms with van der Waals surface area (Å²) in [7, 11) is 0. The minimum absolute atomic E-state index is 0. The third-order valence-corrected chi connectivity index (χ3v) is 6.18. The normalized spacial score (nSPS) is 28.9. The van der Waals surface area contributed by atoms with Gasteiger partial charge in [-0.25, -0.2) is 0 Å². The predicted molar refractivity (Wildman–Crippen MR) is 102 cm³/mol. The molecule has 148 valence electrons. The number of nitrogens with zero attached hydrogens (tertiary/aromatic N) is 2. The van der Waals surface area contributed by atoms with E-state index in [1.54, 1.807) is 12.1 Å². The van der Waals surface area contributed by atoms with Crippen LogP contribution in [0.5, 0.6) is 0 Å². The number of anilines is 1. The zero-order chi connectivity index (χ0) is 18.7. The van der Waals surface area contributed by atoms with Gasteiger partial charge in [0.15, 0.2) is 0 Å². The quantitative estimate of drug-likeness (QED) is 0.681. The molecule has 4 amide bonds. The molecule has 0 radical (unpaired) electrons. The summed E-state index contributed by atoms with van der Waals surface area (Å²) in [5, 5.41) is 5.62. The van der Waals surface area contributed by atoms with E-state index in [0.717, 1.165) is 36.8 Å². The molecule has 1 aromatic rings. The number of amides is 4. The Kier molecular flexibility index (Phi) is 4.63. The third-order valence-electron chi connectivity index (χ3n) is 6.18. The number of benzene rings is 1. The highest BCUT2D eigenvalue weighted by atomic mass is 35.5. The van der Waals surface area contributed by atoms with Gasteiger partial charge < -0.3 is 10.2 Å². The van der Waals surface area contributed by atoms with E-state index in [2.05, 4.69) is 15.5 Å². The standard InChI is InChI=1S/C19H20N4O4.ClH/c24-16-4-3-15(17(25)21-16)23-18(26)13-2-1-12(5-14(13)19(23)27)22-8-10-6-20-7-11(10)9-22;/h1-2,5,10-11,15,20H,3-4,6-9H2,(H,21,24,25);1H/t10-,11+,15?;. The predicted octanol–water partition coefficient (Wildman–Crippen LogP) is 0.165. The van der Waals surface area contributed by atoms with Gasteiger partial charge in [-0.05, 0) is 36.5 Å². The second kappa shape index (κ2) is 6.86. The van der Waals surface area contributed by atoms with Crippen molar-refractivity contribution in [2.75, 3.05) is 31.1 Å². The largest absolute Gasteiger partial charge is 0.371 e. The fourth-order valence-corrected chi connectivity index (χ4v) is 4.72. The molecule has 0 aromatic heterocycles. The minimum atomic E-state index is -0.921. The first-order valence-corrected chi connectivity index (χ1v) is 9.34. The first-order valence-electron chi connectivity index (χ1n) is 9.34. The first-order chi connectivity index (χ1) is 13.0. The highest BCUT2D eigenvalue weighted by molar-refractivity contribution is 6.23. The van der Waals surface area contributed by atoms with Crippen molar-refractivity contribution >= 4 is 41.7 Å². The molecule has 4 aliphatic rings. The molecule has 4 aliphatic heterocycles. The SMILES string of the molecule is Cl.O=C1CCC(N2C(=O)c3ccc(N4C[C@H]5CNC[C@H]5C4)cc3C2=O)C(=O)N1. The molecule has 0 bridgehead atoms. The summed E-state index contributed by atoms with van der Waals surface area (Å²) in [6.45, 7) is 3.92. The van der Waals surface area contributed by atoms with Crippen LogP contribution < -0.4 is 15.5 Å². The van der Waals surface area contributed by atoms with Gasteiger partial charge in [-0.1, -0.05) is 0 Å². The summed E-state index contributed by atoms with van der Waals surface area (Å²) in [5.74, 6) is -0.623. The Morgan fingerprint density at radius 3 is 2.29 bits per heavy atom. The van der Waals surface area contributed by atoms with E-state index in [1.807, 2.05) is 6.07 Å². The zero-order valence-electron chi connectivity index (χ0n) is 15.1. The minimum Gasteiger partial charge on any atom is -0.371 e. The number of piperidine rings is 1. The van der Waals surface area contributed by atoms with Crippen LogP contribution >= 0.6 is 12.4 Å². The third kappa shape index (κ3) is 2.79. The van der Waals surface area contributed by atoms with Crippen molar-refractivity contribution in [2.24, 2.45) is 11.8 Å². The molecule has 0 aliphatic carbocycles. The molecule has 1 unspecified atom stereocenters. The van der Waals surface area contributed by atoms with Gasteiger partial charge in [0.1, 0.15) is 6.04 Å². The van der Waals surface area contributed by atoms with Crippen LogP contribution in [-0.4, -0.2) is 60.7 Å². The van der Waals surface area contributed by atoms with Crippen molar-refractivity contribution in [2.45, 2.75) is 18.9 Å². The summed E-state index contributed by atoms with van der Waals surface area (Å²) >= 11 is 0. The Morgan fingerprint density at radius 1 is 0.929 bits per heavy atom. The summed E-state index contributed by atoms with van der Waals surface area (Å²) in [4.78, 5) is 52.4. The van der Waals surface area contributed by atoms with Gasteiger partial charge in [0.05, 0.1) is 11.1 Å². The highest BCUT2D eigenvalue weighted by Gasteiger charge is 2.45. The second-order valence-corrected chi connectivity index (χ2v) is 7.76. The summed E-state index contributed by atoms with van der Waals surface area (Å²) in [6.07, 6.45) is 0.297. The van der Waals surface area contributed by atoms with E-state index in [-0.39, 0.29) is 31.2 Å². The first kappa shape index (κ1) is 18.9. The Balaban J connectivity index is 0.00000192. The molecule has 3 fully saturated rings. The van der Waals surface area contributed by atoms with E-state index in [4.69, 9.17) is 0 Å². The maximum Gasteiger partial charge on any atom is 0.262 e. The number of halogens is 1. The van der Waals surface area contributed by atoms with Gasteiger partial charge in [0.25, 0.3) is 11.8 Å². The van der Waals surface area contributed by atoms with Crippen molar-refractivity contribution in [1.82, 2.24) is 15.5 Å². The number of fused-ring (bicyclic) bond motifs is 2. The van der Waals surface area contributed by atoms with E-state index < -0.39 is 23.8 Å². The Labute approximate surface area is 168 Å². The monoisotopic (exact) mass is 404 g/mol. The molecule has 2 N–H and O–H groups in total. The average molecular weight is 405 g/mol. The van der Waals surface area contributed by atoms with Crippen molar-refractivity contribution in [3.63, 3.8) is 0 Å². The number of hydrogen-bond acceptors (Lipinski definition) is 6. The van der Waals surface area contributed by atoms with Gasteiger partial charge in [-0.15, -0.1) is 12.4 Å². The van der Waals surface area contributed by atoms with Crippen molar-refractivity contribution in [3.05, 3.63) is 29.3 Å². The molecule has 0 saturated carbocycles. The summed E-state index contributed by atoms with van der Waals surface area (Å²) in [6, 6.07) is 4.42. The smallest absolute Gasteiger partial charge is 0.262 e. The summed E-state index contributed by atoms with van der Waals surface area (Å²) < 4.78 is 0. The number of nitrogens with one attached hydrogen (secondary N) is 2. The van der Waals surface area contributed by atoms with Gasteiger partial charge in [0, 0.05) is 38.3 Å². The zero-order valence-corrected chi connectivity index (χ0v) is 16.0. The number of carbonyl (C=O) groups excluding carboxylic acids is 4. The van der Waals surface area contributed by atoms with Crippen LogP contribution in [0.2, 0.25) is 0 Å². The lowest BCUT2D eigenvalue weighted by Gasteiger charge is -2.27. The van der Waals surface area contributed by atoms with Crippen LogP contribution in [0, 0.1) is 11.8 Å². The van der Waals surface area contributed by atoms with Gasteiger partial charge >= 0.3 is 0 Å². The van der Waals surface area contributed by atoms with E-state index >= 15 is 0 Å². The molecule has 0 spiro atoms. The van der Waals surface area contributed by atoms with Crippen LogP contribution in [0.25, 0.3) is 0 Å². The molecule has 3 saturated heterocycles. The molecule has 9 heteroatoms. The van der Waals surface area contributed by atoms with Crippen molar-refractivity contribution in [3.8, 4) is 0 Å². The fraction of sp³-hybridized carbons (Fsp3) is 0.474. The summed E-state index contributed by atoms with van der Waals surface area (Å²) in [5.41, 5.74) is 1.61. The Bertz CT molecular complexity index is 877. The lowest BCUT2D eigenvalue weighted by Crippen LogP contribution is -2.54. The Morgan fingerprint density at radius 2 is 1.61 bits per heavy atom. The number of imide groups is 2. The second-order valence-electron chi connectivity index (χ2n) is 7.76. The van der Waals surface area contributed by atoms with Gasteiger partial charge in [-0.2, -0.15) is 0 Å². The van der Waals surface area contributed by atoms with E-state index in [9.17, 15) is 19.2 Å². The Hall–Kier alpha value is -2.45. The molecule has 28 heavy (non-hydrogen) atoms. The molecule has 1 aromatic carbocycles. The van der Waals surface area contributed by atoms with Crippen LogP contribution in [0.4, 0.5) is 5.69 Å². The molecule has 3 atom stereocenters. The van der Waals surface area contributed by atoms with Gasteiger partial charge in [0.2, 0.25) is 11.8 Å². The molecule has 4 heterocycles. The maximum atomic E-state index is 12.9. The number of carbonyl (C=O) groups is 4. The van der Waals surface area contributed by atoms with Crippen LogP contribution in [0.3, 0.4) is 0 Å². The molecule has 5 rings (SSSR count). The van der Waals surface area contributed by atoms with Crippen LogP contribution in [0.1, 0.15) is 33.6 Å². The number of rotatable bonds is 2. The highest BCUT2D eigenvalue weighted by Crippen LogP contribution is 2.34. The van der Waals surface area contributed by atoms with Crippen LogP contribution in [-0.2, 0) is 9.59 Å². The topological polar surface area (TPSA) is 98.8 Å². The lowest BCUT2D eigenvalue weighted by atomic mass is 10.0. The molecule has 8 nitrogen and oxygen atoms in total. The lowest BCUT2D eigenvalue weighted by molar-refractivity contribution is -0.136. The molecular weight excluding hydrogens is 384 g/mol. The van der Waals surface area contributed by atoms with Crippen molar-refractivity contribution in [1.29, 1.82) is 0 Å². The average Bonchev–Trinajstić information content (AvgIpc) is 3.30. The van der Waals surface area contributed by atoms with Crippen LogP contribution in [0.15, 0.2) is 18.2 Å². The van der Waals surface area contributed by atoms with E-state index in [0.29, 0.717) is 23.0 Å². The number of hydrogen-bond donors (Lipinski definition) is 2. The fourth-order valence-electron chi connectivity index (χ4n) is 4.72.